The topological polar surface area (TPSA) is 73.6 Å². The first-order valence-corrected chi connectivity index (χ1v) is 7.16. The number of hydrogen-bond acceptors (Lipinski definition) is 2. The van der Waals surface area contributed by atoms with Gasteiger partial charge in [0.2, 0.25) is 5.91 Å². The molecule has 5 nitrogen and oxygen atoms in total. The Morgan fingerprint density at radius 2 is 2.45 bits per heavy atom. The van der Waals surface area contributed by atoms with Crippen molar-refractivity contribution in [3.8, 4) is 0 Å². The monoisotopic (exact) mass is 272 g/mol. The summed E-state index contributed by atoms with van der Waals surface area (Å²) in [7, 11) is 0. The van der Waals surface area contributed by atoms with Crippen molar-refractivity contribution in [1.29, 1.82) is 0 Å². The molecule has 1 aliphatic rings. The molecule has 20 heavy (non-hydrogen) atoms. The zero-order valence-corrected chi connectivity index (χ0v) is 11.7. The number of imidazole rings is 1. The second-order valence-electron chi connectivity index (χ2n) is 5.42. The molecule has 3 N–H and O–H groups in total. The quantitative estimate of drug-likeness (QED) is 0.789. The van der Waals surface area contributed by atoms with Crippen molar-refractivity contribution in [3.05, 3.63) is 41.2 Å². The number of H-pyrrole nitrogens is 2. The Bertz CT molecular complexity index is 585. The van der Waals surface area contributed by atoms with Gasteiger partial charge in [0.15, 0.2) is 0 Å². The van der Waals surface area contributed by atoms with Crippen molar-refractivity contribution in [1.82, 2.24) is 20.3 Å². The molecule has 1 aliphatic carbocycles. The fourth-order valence-electron chi connectivity index (χ4n) is 2.83. The van der Waals surface area contributed by atoms with Crippen LogP contribution in [0.1, 0.15) is 29.3 Å². The Kier molecular flexibility index (Phi) is 3.58. The number of carbonyl (C=O) groups excluding carboxylic acids is 1. The number of aromatic nitrogens is 3. The molecule has 0 aliphatic heterocycles. The van der Waals surface area contributed by atoms with Crippen molar-refractivity contribution in [3.63, 3.8) is 0 Å². The molecule has 2 aromatic heterocycles. The standard InChI is InChI=1S/C15H20N4O/c1-10-18-13-5-4-11(9-14(13)19-10)15(20)17-8-6-12-3-2-7-16-12/h2-3,7,11,16H,4-6,8-9H2,1H3,(H,17,20)(H,18,19). The summed E-state index contributed by atoms with van der Waals surface area (Å²) in [5.41, 5.74) is 3.43. The lowest BCUT2D eigenvalue weighted by Gasteiger charge is -2.20. The lowest BCUT2D eigenvalue weighted by atomic mass is 9.89. The molecule has 2 aromatic rings. The predicted octanol–water partition coefficient (Wildman–Crippen LogP) is 1.51. The molecule has 1 atom stereocenters. The highest BCUT2D eigenvalue weighted by atomic mass is 16.1. The summed E-state index contributed by atoms with van der Waals surface area (Å²) in [4.78, 5) is 23.0. The van der Waals surface area contributed by atoms with Gasteiger partial charge in [-0.05, 0) is 31.9 Å². The smallest absolute Gasteiger partial charge is 0.223 e. The number of rotatable bonds is 4. The van der Waals surface area contributed by atoms with Crippen molar-refractivity contribution in [2.24, 2.45) is 5.92 Å². The number of carbonyl (C=O) groups is 1. The van der Waals surface area contributed by atoms with Crippen LogP contribution in [0.4, 0.5) is 0 Å². The Balaban J connectivity index is 1.51. The minimum Gasteiger partial charge on any atom is -0.365 e. The molecule has 1 amide bonds. The molecular weight excluding hydrogens is 252 g/mol. The average molecular weight is 272 g/mol. The molecule has 0 spiro atoms. The molecular formula is C15H20N4O. The van der Waals surface area contributed by atoms with E-state index < -0.39 is 0 Å². The Hall–Kier alpha value is -2.04. The molecule has 2 heterocycles. The van der Waals surface area contributed by atoms with E-state index in [0.29, 0.717) is 6.54 Å². The zero-order chi connectivity index (χ0) is 13.9. The van der Waals surface area contributed by atoms with E-state index in [1.54, 1.807) is 0 Å². The summed E-state index contributed by atoms with van der Waals surface area (Å²) >= 11 is 0. The summed E-state index contributed by atoms with van der Waals surface area (Å²) in [5, 5.41) is 3.04. The van der Waals surface area contributed by atoms with Gasteiger partial charge in [-0.15, -0.1) is 0 Å². The largest absolute Gasteiger partial charge is 0.365 e. The highest BCUT2D eigenvalue weighted by Crippen LogP contribution is 2.23. The number of amides is 1. The van der Waals surface area contributed by atoms with Crippen LogP contribution < -0.4 is 5.32 Å². The van der Waals surface area contributed by atoms with E-state index in [1.807, 2.05) is 25.3 Å². The van der Waals surface area contributed by atoms with Gasteiger partial charge in [0, 0.05) is 42.9 Å². The van der Waals surface area contributed by atoms with Gasteiger partial charge < -0.3 is 15.3 Å². The Labute approximate surface area is 118 Å². The second kappa shape index (κ2) is 5.53. The third kappa shape index (κ3) is 2.76. The summed E-state index contributed by atoms with van der Waals surface area (Å²) in [5.74, 6) is 1.18. The molecule has 0 saturated heterocycles. The first kappa shape index (κ1) is 13.0. The van der Waals surface area contributed by atoms with Gasteiger partial charge in [0.25, 0.3) is 0 Å². The summed E-state index contributed by atoms with van der Waals surface area (Å²) < 4.78 is 0. The van der Waals surface area contributed by atoms with Crippen LogP contribution in [0.3, 0.4) is 0 Å². The molecule has 1 unspecified atom stereocenters. The normalized spacial score (nSPS) is 17.8. The maximum absolute atomic E-state index is 12.2. The van der Waals surface area contributed by atoms with Crippen LogP contribution in [-0.2, 0) is 24.1 Å². The summed E-state index contributed by atoms with van der Waals surface area (Å²) in [6.07, 6.45) is 5.32. The van der Waals surface area contributed by atoms with Crippen LogP contribution >= 0.6 is 0 Å². The first-order valence-electron chi connectivity index (χ1n) is 7.16. The molecule has 106 valence electrons. The predicted molar refractivity (Wildman–Crippen MR) is 76.3 cm³/mol. The number of aromatic amines is 2. The maximum Gasteiger partial charge on any atom is 0.223 e. The minimum atomic E-state index is 0.0750. The van der Waals surface area contributed by atoms with E-state index in [0.717, 1.165) is 48.6 Å². The van der Waals surface area contributed by atoms with E-state index in [2.05, 4.69) is 20.3 Å². The van der Waals surface area contributed by atoms with Gasteiger partial charge in [-0.3, -0.25) is 4.79 Å². The van der Waals surface area contributed by atoms with Gasteiger partial charge in [-0.2, -0.15) is 0 Å². The number of nitrogens with one attached hydrogen (secondary N) is 3. The Morgan fingerprint density at radius 1 is 1.55 bits per heavy atom. The highest BCUT2D eigenvalue weighted by Gasteiger charge is 2.26. The molecule has 0 fully saturated rings. The maximum atomic E-state index is 12.2. The molecule has 0 bridgehead atoms. The molecule has 0 saturated carbocycles. The summed E-state index contributed by atoms with van der Waals surface area (Å²) in [6.45, 7) is 2.65. The fourth-order valence-corrected chi connectivity index (χ4v) is 2.83. The molecule has 0 aromatic carbocycles. The number of aryl methyl sites for hydroxylation is 2. The Morgan fingerprint density at radius 3 is 3.25 bits per heavy atom. The molecule has 3 rings (SSSR count). The molecule has 5 heteroatoms. The van der Waals surface area contributed by atoms with E-state index in [9.17, 15) is 4.79 Å². The van der Waals surface area contributed by atoms with Crippen LogP contribution in [0.5, 0.6) is 0 Å². The van der Waals surface area contributed by atoms with Crippen molar-refractivity contribution in [2.45, 2.75) is 32.6 Å². The minimum absolute atomic E-state index is 0.0750. The van der Waals surface area contributed by atoms with Crippen LogP contribution in [-0.4, -0.2) is 27.4 Å². The average Bonchev–Trinajstić information content (AvgIpc) is 3.05. The number of hydrogen-bond donors (Lipinski definition) is 3. The lowest BCUT2D eigenvalue weighted by molar-refractivity contribution is -0.125. The van der Waals surface area contributed by atoms with E-state index in [4.69, 9.17) is 0 Å². The third-order valence-electron chi connectivity index (χ3n) is 3.89. The summed E-state index contributed by atoms with van der Waals surface area (Å²) in [6, 6.07) is 4.01. The number of fused-ring (bicyclic) bond motifs is 1. The van der Waals surface area contributed by atoms with Gasteiger partial charge in [-0.1, -0.05) is 0 Å². The van der Waals surface area contributed by atoms with E-state index in [1.165, 1.54) is 0 Å². The highest BCUT2D eigenvalue weighted by molar-refractivity contribution is 5.79. The van der Waals surface area contributed by atoms with Crippen molar-refractivity contribution in [2.75, 3.05) is 6.54 Å². The van der Waals surface area contributed by atoms with Gasteiger partial charge in [0.05, 0.1) is 5.69 Å². The van der Waals surface area contributed by atoms with Crippen LogP contribution in [0.2, 0.25) is 0 Å². The SMILES string of the molecule is Cc1nc2c([nH]1)CC(C(=O)NCCc1ccc[nH]1)CC2. The van der Waals surface area contributed by atoms with Crippen LogP contribution in [0.15, 0.2) is 18.3 Å². The van der Waals surface area contributed by atoms with E-state index in [-0.39, 0.29) is 11.8 Å². The van der Waals surface area contributed by atoms with Gasteiger partial charge in [0.1, 0.15) is 5.82 Å². The lowest BCUT2D eigenvalue weighted by Crippen LogP contribution is -2.35. The molecule has 0 radical (unpaired) electrons. The fraction of sp³-hybridized carbons (Fsp3) is 0.467. The van der Waals surface area contributed by atoms with Crippen molar-refractivity contribution < 1.29 is 4.79 Å². The number of nitrogens with zero attached hydrogens (tertiary/aromatic N) is 1. The first-order chi connectivity index (χ1) is 9.72. The third-order valence-corrected chi connectivity index (χ3v) is 3.89. The van der Waals surface area contributed by atoms with Crippen LogP contribution in [0.25, 0.3) is 0 Å². The van der Waals surface area contributed by atoms with Crippen LogP contribution in [0, 0.1) is 12.8 Å². The van der Waals surface area contributed by atoms with Crippen molar-refractivity contribution >= 4 is 5.91 Å². The van der Waals surface area contributed by atoms with Gasteiger partial charge in [-0.25, -0.2) is 4.98 Å². The second-order valence-corrected chi connectivity index (χ2v) is 5.42. The van der Waals surface area contributed by atoms with Gasteiger partial charge >= 0.3 is 0 Å². The zero-order valence-electron chi connectivity index (χ0n) is 11.7. The van der Waals surface area contributed by atoms with E-state index >= 15 is 0 Å².